The number of rotatable bonds is 9. The Kier molecular flexibility index (Phi) is 7.95. The monoisotopic (exact) mass is 408 g/mol. The predicted octanol–water partition coefficient (Wildman–Crippen LogP) is 2.73. The molecule has 8 nitrogen and oxygen atoms in total. The maximum atomic E-state index is 12.0. The van der Waals surface area contributed by atoms with Crippen molar-refractivity contribution < 1.29 is 9.59 Å². The SMILES string of the molecule is N#Cc1ccccc1NC(=O)CCCC(=O)NCCCc1nnc2n1CCCCC2. The standard InChI is InChI=1S/C22H28N6O2/c23-16-17-8-3-4-9-18(17)25-22(30)13-6-12-21(29)24-14-7-11-20-27-26-19-10-2-1-5-15-28(19)20/h3-4,8-9H,1-2,5-7,10-15H2,(H,24,29)(H,25,30). The molecule has 0 saturated carbocycles. The molecule has 1 aromatic heterocycles. The van der Waals surface area contributed by atoms with E-state index in [1.807, 2.05) is 6.07 Å². The number of para-hydroxylation sites is 1. The molecule has 2 heterocycles. The molecule has 0 spiro atoms. The Morgan fingerprint density at radius 3 is 2.77 bits per heavy atom. The Bertz CT molecular complexity index is 915. The second kappa shape index (κ2) is 11.1. The van der Waals surface area contributed by atoms with E-state index in [9.17, 15) is 9.59 Å². The van der Waals surface area contributed by atoms with Gasteiger partial charge in [-0.25, -0.2) is 0 Å². The second-order valence-electron chi connectivity index (χ2n) is 7.51. The summed E-state index contributed by atoms with van der Waals surface area (Å²) in [4.78, 5) is 24.0. The van der Waals surface area contributed by atoms with Crippen molar-refractivity contribution in [2.24, 2.45) is 0 Å². The van der Waals surface area contributed by atoms with Crippen LogP contribution in [0, 0.1) is 11.3 Å². The lowest BCUT2D eigenvalue weighted by Crippen LogP contribution is -2.25. The molecule has 158 valence electrons. The van der Waals surface area contributed by atoms with Gasteiger partial charge >= 0.3 is 0 Å². The Morgan fingerprint density at radius 2 is 1.90 bits per heavy atom. The summed E-state index contributed by atoms with van der Waals surface area (Å²) in [6, 6.07) is 8.90. The van der Waals surface area contributed by atoms with Gasteiger partial charge in [0.1, 0.15) is 17.7 Å². The first-order valence-corrected chi connectivity index (χ1v) is 10.6. The van der Waals surface area contributed by atoms with Gasteiger partial charge in [-0.2, -0.15) is 5.26 Å². The normalized spacial score (nSPS) is 13.0. The summed E-state index contributed by atoms with van der Waals surface area (Å²) in [6.45, 7) is 1.58. The number of nitrogens with one attached hydrogen (secondary N) is 2. The van der Waals surface area contributed by atoms with Crippen LogP contribution in [0.2, 0.25) is 0 Å². The lowest BCUT2D eigenvalue weighted by Gasteiger charge is -2.08. The van der Waals surface area contributed by atoms with Crippen molar-refractivity contribution in [2.75, 3.05) is 11.9 Å². The van der Waals surface area contributed by atoms with Crippen molar-refractivity contribution in [3.05, 3.63) is 41.5 Å². The van der Waals surface area contributed by atoms with Crippen LogP contribution >= 0.6 is 0 Å². The summed E-state index contributed by atoms with van der Waals surface area (Å²) in [5, 5.41) is 23.3. The molecule has 3 rings (SSSR count). The molecule has 8 heteroatoms. The van der Waals surface area contributed by atoms with E-state index in [1.54, 1.807) is 24.3 Å². The number of nitrogens with zero attached hydrogens (tertiary/aromatic N) is 4. The molecule has 0 radical (unpaired) electrons. The lowest BCUT2D eigenvalue weighted by molar-refractivity contribution is -0.121. The lowest BCUT2D eigenvalue weighted by atomic mass is 10.1. The van der Waals surface area contributed by atoms with E-state index in [0.29, 0.717) is 30.6 Å². The molecular weight excluding hydrogens is 380 g/mol. The highest BCUT2D eigenvalue weighted by Crippen LogP contribution is 2.15. The van der Waals surface area contributed by atoms with E-state index in [1.165, 1.54) is 19.3 Å². The number of carbonyl (C=O) groups is 2. The fourth-order valence-electron chi connectivity index (χ4n) is 3.60. The van der Waals surface area contributed by atoms with Crippen LogP contribution in [-0.2, 0) is 29.0 Å². The number of aryl methyl sites for hydroxylation is 2. The highest BCUT2D eigenvalue weighted by molar-refractivity contribution is 5.92. The van der Waals surface area contributed by atoms with E-state index in [-0.39, 0.29) is 18.2 Å². The molecule has 30 heavy (non-hydrogen) atoms. The van der Waals surface area contributed by atoms with Gasteiger partial charge in [0, 0.05) is 38.8 Å². The summed E-state index contributed by atoms with van der Waals surface area (Å²) in [6.07, 6.45) is 7.20. The summed E-state index contributed by atoms with van der Waals surface area (Å²) in [7, 11) is 0. The van der Waals surface area contributed by atoms with E-state index >= 15 is 0 Å². The molecule has 2 N–H and O–H groups in total. The number of hydrogen-bond acceptors (Lipinski definition) is 5. The maximum Gasteiger partial charge on any atom is 0.224 e. The van der Waals surface area contributed by atoms with Crippen LogP contribution < -0.4 is 10.6 Å². The summed E-state index contributed by atoms with van der Waals surface area (Å²) in [5.41, 5.74) is 0.925. The Hall–Kier alpha value is -3.21. The molecule has 0 atom stereocenters. The molecule has 1 aliphatic rings. The molecule has 2 amide bonds. The first-order valence-electron chi connectivity index (χ1n) is 10.6. The number of fused-ring (bicyclic) bond motifs is 1. The van der Waals surface area contributed by atoms with Crippen LogP contribution in [0.1, 0.15) is 62.2 Å². The zero-order chi connectivity index (χ0) is 21.2. The Balaban J connectivity index is 1.30. The quantitative estimate of drug-likeness (QED) is 0.620. The number of nitriles is 1. The number of carbonyl (C=O) groups excluding carboxylic acids is 2. The van der Waals surface area contributed by atoms with Crippen molar-refractivity contribution in [1.82, 2.24) is 20.1 Å². The molecule has 0 bridgehead atoms. The molecule has 1 aromatic carbocycles. The third-order valence-corrected chi connectivity index (χ3v) is 5.21. The van der Waals surface area contributed by atoms with Crippen molar-refractivity contribution in [2.45, 2.75) is 64.3 Å². The van der Waals surface area contributed by atoms with Crippen molar-refractivity contribution in [1.29, 1.82) is 5.26 Å². The summed E-state index contributed by atoms with van der Waals surface area (Å²) >= 11 is 0. The average molecular weight is 409 g/mol. The first-order chi connectivity index (χ1) is 14.7. The average Bonchev–Trinajstić information content (AvgIpc) is 2.97. The molecule has 0 aliphatic carbocycles. The summed E-state index contributed by atoms with van der Waals surface area (Å²) < 4.78 is 2.23. The van der Waals surface area contributed by atoms with Crippen molar-refractivity contribution in [3.63, 3.8) is 0 Å². The number of hydrogen-bond donors (Lipinski definition) is 2. The van der Waals surface area contributed by atoms with E-state index in [0.717, 1.165) is 37.5 Å². The fraction of sp³-hybridized carbons (Fsp3) is 0.500. The van der Waals surface area contributed by atoms with Gasteiger partial charge < -0.3 is 15.2 Å². The Labute approximate surface area is 176 Å². The van der Waals surface area contributed by atoms with Gasteiger partial charge in [-0.05, 0) is 37.8 Å². The minimum atomic E-state index is -0.196. The van der Waals surface area contributed by atoms with Crippen LogP contribution in [0.3, 0.4) is 0 Å². The molecular formula is C22H28N6O2. The highest BCUT2D eigenvalue weighted by atomic mass is 16.2. The minimum absolute atomic E-state index is 0.0553. The summed E-state index contributed by atoms with van der Waals surface area (Å²) in [5.74, 6) is 1.84. The zero-order valence-electron chi connectivity index (χ0n) is 17.2. The van der Waals surface area contributed by atoms with Crippen LogP contribution in [0.5, 0.6) is 0 Å². The predicted molar refractivity (Wildman–Crippen MR) is 113 cm³/mol. The van der Waals surface area contributed by atoms with Crippen LogP contribution in [0.4, 0.5) is 5.69 Å². The molecule has 0 fully saturated rings. The van der Waals surface area contributed by atoms with Gasteiger partial charge in [0.25, 0.3) is 0 Å². The topological polar surface area (TPSA) is 113 Å². The fourth-order valence-corrected chi connectivity index (χ4v) is 3.60. The highest BCUT2D eigenvalue weighted by Gasteiger charge is 2.14. The van der Waals surface area contributed by atoms with E-state index in [2.05, 4.69) is 25.4 Å². The third kappa shape index (κ3) is 6.14. The maximum absolute atomic E-state index is 12.0. The molecule has 1 aliphatic heterocycles. The molecule has 0 unspecified atom stereocenters. The van der Waals surface area contributed by atoms with Crippen LogP contribution in [-0.4, -0.2) is 33.1 Å². The first kappa shape index (κ1) is 21.5. The third-order valence-electron chi connectivity index (χ3n) is 5.21. The van der Waals surface area contributed by atoms with E-state index < -0.39 is 0 Å². The van der Waals surface area contributed by atoms with Gasteiger partial charge in [-0.15, -0.1) is 10.2 Å². The molecule has 2 aromatic rings. The second-order valence-corrected chi connectivity index (χ2v) is 7.51. The number of benzene rings is 1. The van der Waals surface area contributed by atoms with Gasteiger partial charge in [-0.3, -0.25) is 9.59 Å². The Morgan fingerprint density at radius 1 is 1.07 bits per heavy atom. The van der Waals surface area contributed by atoms with Crippen molar-refractivity contribution in [3.8, 4) is 6.07 Å². The van der Waals surface area contributed by atoms with Gasteiger partial charge in [0.2, 0.25) is 11.8 Å². The van der Waals surface area contributed by atoms with E-state index in [4.69, 9.17) is 5.26 Å². The van der Waals surface area contributed by atoms with Crippen LogP contribution in [0.15, 0.2) is 24.3 Å². The molecule has 0 saturated heterocycles. The van der Waals surface area contributed by atoms with Crippen LogP contribution in [0.25, 0.3) is 0 Å². The largest absolute Gasteiger partial charge is 0.356 e. The van der Waals surface area contributed by atoms with Crippen molar-refractivity contribution >= 4 is 17.5 Å². The zero-order valence-corrected chi connectivity index (χ0v) is 17.2. The van der Waals surface area contributed by atoms with Gasteiger partial charge in [0.15, 0.2) is 0 Å². The smallest absolute Gasteiger partial charge is 0.224 e. The number of aromatic nitrogens is 3. The number of anilines is 1. The number of amides is 2. The van der Waals surface area contributed by atoms with Gasteiger partial charge in [-0.1, -0.05) is 18.6 Å². The van der Waals surface area contributed by atoms with Gasteiger partial charge in [0.05, 0.1) is 11.3 Å². The minimum Gasteiger partial charge on any atom is -0.356 e.